The maximum atomic E-state index is 8.73. The molecule has 5 heteroatoms. The number of benzene rings is 6. The molecule has 0 atom stereocenters. The fraction of sp³-hybridized carbons (Fsp3) is 0. The van der Waals surface area contributed by atoms with Crippen LogP contribution in [0.4, 0.5) is 5.69 Å². The van der Waals surface area contributed by atoms with Gasteiger partial charge in [0, 0.05) is 44.4 Å². The number of nitrogens with one attached hydrogen (secondary N) is 2. The summed E-state index contributed by atoms with van der Waals surface area (Å²) >= 11 is 0. The molecule has 1 aliphatic rings. The number of amidine groups is 1. The zero-order valence-corrected chi connectivity index (χ0v) is 24.2. The summed E-state index contributed by atoms with van der Waals surface area (Å²) in [6.07, 6.45) is 1.88. The van der Waals surface area contributed by atoms with Gasteiger partial charge in [0.15, 0.2) is 0 Å². The van der Waals surface area contributed by atoms with Crippen LogP contribution in [0.15, 0.2) is 155 Å². The number of fused-ring (bicyclic) bond motifs is 7. The van der Waals surface area contributed by atoms with Gasteiger partial charge < -0.3 is 19.7 Å². The summed E-state index contributed by atoms with van der Waals surface area (Å²) in [6.45, 7) is 0. The lowest BCUT2D eigenvalue weighted by Crippen LogP contribution is -2.26. The van der Waals surface area contributed by atoms with Gasteiger partial charge in [0.05, 0.1) is 28.1 Å². The van der Waals surface area contributed by atoms with E-state index in [0.29, 0.717) is 5.71 Å². The first kappa shape index (κ1) is 25.3. The maximum absolute atomic E-state index is 8.73. The summed E-state index contributed by atoms with van der Waals surface area (Å²) in [4.78, 5) is 4.97. The quantitative estimate of drug-likeness (QED) is 0.204. The highest BCUT2D eigenvalue weighted by Gasteiger charge is 2.20. The highest BCUT2D eigenvalue weighted by molar-refractivity contribution is 6.18. The van der Waals surface area contributed by atoms with Crippen LogP contribution in [0.1, 0.15) is 16.7 Å². The fourth-order valence-electron chi connectivity index (χ4n) is 6.47. The van der Waals surface area contributed by atoms with Crippen LogP contribution in [0.2, 0.25) is 0 Å². The van der Waals surface area contributed by atoms with Crippen LogP contribution in [0.25, 0.3) is 55.1 Å². The van der Waals surface area contributed by atoms with Gasteiger partial charge in [-0.3, -0.25) is 0 Å². The Morgan fingerprint density at radius 3 is 2.24 bits per heavy atom. The van der Waals surface area contributed by atoms with E-state index in [1.54, 1.807) is 0 Å². The highest BCUT2D eigenvalue weighted by Crippen LogP contribution is 2.38. The van der Waals surface area contributed by atoms with Crippen LogP contribution in [-0.4, -0.2) is 16.1 Å². The molecular weight excluding hydrogens is 552 g/mol. The molecular formula is C40H26N4O. The molecule has 2 aromatic heterocycles. The van der Waals surface area contributed by atoms with E-state index in [9.17, 15) is 0 Å². The first-order valence-electron chi connectivity index (χ1n) is 15.0. The van der Waals surface area contributed by atoms with Crippen molar-refractivity contribution in [2.24, 2.45) is 4.99 Å². The van der Waals surface area contributed by atoms with Crippen molar-refractivity contribution in [3.05, 3.63) is 162 Å². The molecule has 212 valence electrons. The molecule has 0 aliphatic carbocycles. The largest absolute Gasteiger partial charge is 0.456 e. The Bertz CT molecular complexity index is 2510. The Hall–Kier alpha value is -6.20. The van der Waals surface area contributed by atoms with Crippen LogP contribution in [0.5, 0.6) is 0 Å². The third-order valence-electron chi connectivity index (χ3n) is 8.62. The van der Waals surface area contributed by atoms with Crippen molar-refractivity contribution in [2.75, 3.05) is 0 Å². The molecule has 8 aromatic rings. The monoisotopic (exact) mass is 578 g/mol. The number of furan rings is 1. The number of para-hydroxylation sites is 3. The zero-order chi connectivity index (χ0) is 29.9. The number of aliphatic imine (C=N–C) groups is 1. The third-order valence-corrected chi connectivity index (χ3v) is 8.62. The number of hydrogen-bond donors (Lipinski definition) is 2. The van der Waals surface area contributed by atoms with Crippen LogP contribution >= 0.6 is 0 Å². The molecule has 2 N–H and O–H groups in total. The molecule has 45 heavy (non-hydrogen) atoms. The normalized spacial score (nSPS) is 13.8. The predicted octanol–water partition coefficient (Wildman–Crippen LogP) is 9.77. The fourth-order valence-corrected chi connectivity index (χ4v) is 6.47. The maximum Gasteiger partial charge on any atom is 0.138 e. The minimum atomic E-state index is 0.439. The third kappa shape index (κ3) is 4.09. The topological polar surface area (TPSA) is 66.3 Å². The van der Waals surface area contributed by atoms with Crippen molar-refractivity contribution in [1.29, 1.82) is 5.41 Å². The molecule has 0 amide bonds. The van der Waals surface area contributed by atoms with Gasteiger partial charge in [0.1, 0.15) is 17.0 Å². The summed E-state index contributed by atoms with van der Waals surface area (Å²) in [7, 11) is 0. The van der Waals surface area contributed by atoms with E-state index in [2.05, 4.69) is 82.7 Å². The lowest BCUT2D eigenvalue weighted by Gasteiger charge is -2.21. The van der Waals surface area contributed by atoms with Gasteiger partial charge in [-0.25, -0.2) is 4.99 Å². The van der Waals surface area contributed by atoms with E-state index >= 15 is 0 Å². The van der Waals surface area contributed by atoms with E-state index in [0.717, 1.165) is 72.6 Å². The van der Waals surface area contributed by atoms with Crippen molar-refractivity contribution in [2.45, 2.75) is 0 Å². The second-order valence-electron chi connectivity index (χ2n) is 11.3. The van der Waals surface area contributed by atoms with Gasteiger partial charge >= 0.3 is 0 Å². The Balaban J connectivity index is 1.14. The van der Waals surface area contributed by atoms with Crippen LogP contribution < -0.4 is 5.32 Å². The van der Waals surface area contributed by atoms with E-state index < -0.39 is 0 Å². The molecule has 0 bridgehead atoms. The van der Waals surface area contributed by atoms with Gasteiger partial charge in [-0.05, 0) is 60.2 Å². The molecule has 6 aromatic carbocycles. The Kier molecular flexibility index (Phi) is 5.59. The standard InChI is InChI=1S/C40H26N4O/c41-33(25-10-2-1-3-11-25)23-35-30-14-4-7-15-34(30)42-40(43-35)26-18-20-27(21-19-26)44-36-16-8-5-12-28(36)31-22-32-29-13-6-9-17-38(29)45-39(32)24-37(31)44/h1-24,41H,(H,42,43)/b35-23-,41-33?. The highest BCUT2D eigenvalue weighted by atomic mass is 16.3. The number of rotatable bonds is 4. The Morgan fingerprint density at radius 1 is 0.644 bits per heavy atom. The second-order valence-corrected chi connectivity index (χ2v) is 11.3. The Labute approximate surface area is 258 Å². The zero-order valence-electron chi connectivity index (χ0n) is 24.2. The molecule has 0 saturated carbocycles. The molecule has 9 rings (SSSR count). The van der Waals surface area contributed by atoms with Gasteiger partial charge in [-0.15, -0.1) is 0 Å². The van der Waals surface area contributed by atoms with Gasteiger partial charge in [0.2, 0.25) is 0 Å². The molecule has 0 spiro atoms. The minimum absolute atomic E-state index is 0.439. The smallest absolute Gasteiger partial charge is 0.138 e. The summed E-state index contributed by atoms with van der Waals surface area (Å²) in [6, 6.07) is 47.5. The molecule has 5 nitrogen and oxygen atoms in total. The van der Waals surface area contributed by atoms with Crippen LogP contribution in [0, 0.1) is 5.41 Å². The number of aromatic nitrogens is 1. The van der Waals surface area contributed by atoms with Gasteiger partial charge in [-0.2, -0.15) is 0 Å². The summed E-state index contributed by atoms with van der Waals surface area (Å²) in [5.74, 6) is 0.749. The number of nitrogens with zero attached hydrogens (tertiary/aromatic N) is 2. The van der Waals surface area contributed by atoms with Crippen molar-refractivity contribution in [3.8, 4) is 5.69 Å². The van der Waals surface area contributed by atoms with Crippen LogP contribution in [-0.2, 0) is 0 Å². The predicted molar refractivity (Wildman–Crippen MR) is 185 cm³/mol. The van der Waals surface area contributed by atoms with Crippen molar-refractivity contribution in [3.63, 3.8) is 0 Å². The summed E-state index contributed by atoms with van der Waals surface area (Å²) in [5.41, 5.74) is 10.0. The average Bonchev–Trinajstić information content (AvgIpc) is 3.62. The first-order valence-corrected chi connectivity index (χ1v) is 15.0. The van der Waals surface area contributed by atoms with Crippen molar-refractivity contribution in [1.82, 2.24) is 9.88 Å². The van der Waals surface area contributed by atoms with Crippen molar-refractivity contribution >= 4 is 66.7 Å². The SMILES string of the molecule is N=C(/C=C1\NC(c2ccc(-n3c4ccccc4c4cc5c(cc43)oc3ccccc35)cc2)=Nc2ccccc21)c1ccccc1. The lowest BCUT2D eigenvalue weighted by atomic mass is 10.0. The molecule has 1 aliphatic heterocycles. The lowest BCUT2D eigenvalue weighted by molar-refractivity contribution is 0.669. The minimum Gasteiger partial charge on any atom is -0.456 e. The Morgan fingerprint density at radius 2 is 1.38 bits per heavy atom. The number of allylic oxidation sites excluding steroid dienone is 1. The van der Waals surface area contributed by atoms with E-state index in [1.165, 1.54) is 10.8 Å². The van der Waals surface area contributed by atoms with Crippen LogP contribution in [0.3, 0.4) is 0 Å². The first-order chi connectivity index (χ1) is 22.2. The molecule has 0 unspecified atom stereocenters. The molecule has 3 heterocycles. The molecule has 0 radical (unpaired) electrons. The van der Waals surface area contributed by atoms with Gasteiger partial charge in [0.25, 0.3) is 0 Å². The summed E-state index contributed by atoms with van der Waals surface area (Å²) < 4.78 is 8.59. The molecule has 0 fully saturated rings. The number of hydrogen-bond acceptors (Lipinski definition) is 4. The van der Waals surface area contributed by atoms with E-state index in [4.69, 9.17) is 14.8 Å². The average molecular weight is 579 g/mol. The van der Waals surface area contributed by atoms with E-state index in [-0.39, 0.29) is 0 Å². The van der Waals surface area contributed by atoms with Gasteiger partial charge in [-0.1, -0.05) is 84.9 Å². The van der Waals surface area contributed by atoms with E-state index in [1.807, 2.05) is 72.8 Å². The molecule has 0 saturated heterocycles. The van der Waals surface area contributed by atoms with Crippen molar-refractivity contribution < 1.29 is 4.42 Å². The summed E-state index contributed by atoms with van der Waals surface area (Å²) in [5, 5.41) is 16.9. The second kappa shape index (κ2) is 9.93.